The van der Waals surface area contributed by atoms with Crippen LogP contribution in [0.2, 0.25) is 0 Å². The third kappa shape index (κ3) is 3.38. The topological polar surface area (TPSA) is 46.0 Å². The SMILES string of the molecule is O/C(=C\c1ncccn1)C(Cl)(Cl)Cl. The standard InChI is InChI=1S/C7H5Cl3N2O/c8-7(9,10)5(13)4-6-11-2-1-3-12-6/h1-4,13H/b5-4-. The van der Waals surface area contributed by atoms with Crippen molar-refractivity contribution in [2.24, 2.45) is 0 Å². The van der Waals surface area contributed by atoms with Gasteiger partial charge in [-0.15, -0.1) is 0 Å². The molecule has 1 aromatic heterocycles. The molecule has 0 aliphatic carbocycles. The summed E-state index contributed by atoms with van der Waals surface area (Å²) in [5.41, 5.74) is 0. The molecule has 0 saturated heterocycles. The molecule has 0 fully saturated rings. The molecule has 1 aromatic rings. The van der Waals surface area contributed by atoms with Crippen molar-refractivity contribution < 1.29 is 5.11 Å². The van der Waals surface area contributed by atoms with E-state index >= 15 is 0 Å². The predicted molar refractivity (Wildman–Crippen MR) is 52.9 cm³/mol. The molecule has 1 rings (SSSR count). The summed E-state index contributed by atoms with van der Waals surface area (Å²) in [7, 11) is 0. The van der Waals surface area contributed by atoms with E-state index in [1.165, 1.54) is 18.5 Å². The molecule has 3 nitrogen and oxygen atoms in total. The fraction of sp³-hybridized carbons (Fsp3) is 0.143. The van der Waals surface area contributed by atoms with Gasteiger partial charge in [-0.3, -0.25) is 0 Å². The molecular weight excluding hydrogens is 234 g/mol. The molecule has 0 saturated carbocycles. The van der Waals surface area contributed by atoms with Crippen molar-refractivity contribution in [3.05, 3.63) is 30.0 Å². The second kappa shape index (κ2) is 4.13. The summed E-state index contributed by atoms with van der Waals surface area (Å²) >= 11 is 16.2. The quantitative estimate of drug-likeness (QED) is 0.605. The van der Waals surface area contributed by atoms with E-state index in [4.69, 9.17) is 34.8 Å². The number of alkyl halides is 3. The van der Waals surface area contributed by atoms with E-state index in [1.807, 2.05) is 0 Å². The number of hydrogen-bond acceptors (Lipinski definition) is 3. The van der Waals surface area contributed by atoms with Crippen LogP contribution in [0.4, 0.5) is 0 Å². The van der Waals surface area contributed by atoms with Gasteiger partial charge >= 0.3 is 0 Å². The van der Waals surface area contributed by atoms with Crippen LogP contribution in [-0.2, 0) is 0 Å². The monoisotopic (exact) mass is 238 g/mol. The smallest absolute Gasteiger partial charge is 0.247 e. The molecule has 0 aliphatic heterocycles. The third-order valence-electron chi connectivity index (χ3n) is 1.14. The summed E-state index contributed by atoms with van der Waals surface area (Å²) in [6.07, 6.45) is 4.22. The summed E-state index contributed by atoms with van der Waals surface area (Å²) in [4.78, 5) is 7.62. The minimum atomic E-state index is -1.83. The summed E-state index contributed by atoms with van der Waals surface area (Å²) in [6.45, 7) is 0. The highest BCUT2D eigenvalue weighted by Gasteiger charge is 2.25. The maximum absolute atomic E-state index is 9.22. The molecule has 0 radical (unpaired) electrons. The van der Waals surface area contributed by atoms with Gasteiger partial charge in [-0.2, -0.15) is 0 Å². The first-order valence-electron chi connectivity index (χ1n) is 3.25. The van der Waals surface area contributed by atoms with Gasteiger partial charge in [0.1, 0.15) is 5.76 Å². The van der Waals surface area contributed by atoms with Gasteiger partial charge in [0.05, 0.1) is 0 Å². The predicted octanol–water partition coefficient (Wildman–Crippen LogP) is 2.75. The van der Waals surface area contributed by atoms with Gasteiger partial charge in [-0.1, -0.05) is 34.8 Å². The Balaban J connectivity index is 2.90. The summed E-state index contributed by atoms with van der Waals surface area (Å²) in [5.74, 6) is -0.130. The van der Waals surface area contributed by atoms with E-state index in [0.29, 0.717) is 0 Å². The van der Waals surface area contributed by atoms with Crippen LogP contribution in [-0.4, -0.2) is 18.9 Å². The average Bonchev–Trinajstić information content (AvgIpc) is 2.04. The van der Waals surface area contributed by atoms with Gasteiger partial charge in [-0.25, -0.2) is 9.97 Å². The first-order chi connectivity index (χ1) is 6.00. The van der Waals surface area contributed by atoms with Crippen molar-refractivity contribution >= 4 is 40.9 Å². The first kappa shape index (κ1) is 10.6. The van der Waals surface area contributed by atoms with Crippen molar-refractivity contribution in [1.82, 2.24) is 9.97 Å². The highest BCUT2D eigenvalue weighted by molar-refractivity contribution is 6.69. The lowest BCUT2D eigenvalue weighted by atomic mass is 10.4. The van der Waals surface area contributed by atoms with E-state index < -0.39 is 9.55 Å². The second-order valence-corrected chi connectivity index (χ2v) is 4.42. The molecule has 6 heteroatoms. The molecule has 0 unspecified atom stereocenters. The van der Waals surface area contributed by atoms with Crippen LogP contribution >= 0.6 is 34.8 Å². The zero-order valence-corrected chi connectivity index (χ0v) is 8.55. The Morgan fingerprint density at radius 1 is 1.31 bits per heavy atom. The van der Waals surface area contributed by atoms with Crippen LogP contribution in [0.15, 0.2) is 24.2 Å². The van der Waals surface area contributed by atoms with Gasteiger partial charge in [-0.05, 0) is 6.07 Å². The largest absolute Gasteiger partial charge is 0.508 e. The van der Waals surface area contributed by atoms with Crippen LogP contribution in [0.3, 0.4) is 0 Å². The van der Waals surface area contributed by atoms with Crippen LogP contribution in [0.25, 0.3) is 6.08 Å². The van der Waals surface area contributed by atoms with Crippen LogP contribution < -0.4 is 0 Å². The number of hydrogen-bond donors (Lipinski definition) is 1. The molecule has 1 N–H and O–H groups in total. The maximum atomic E-state index is 9.22. The van der Waals surface area contributed by atoms with Crippen molar-refractivity contribution in [2.45, 2.75) is 3.79 Å². The fourth-order valence-electron chi connectivity index (χ4n) is 0.589. The van der Waals surface area contributed by atoms with Gasteiger partial charge in [0.25, 0.3) is 0 Å². The molecule has 0 atom stereocenters. The molecule has 13 heavy (non-hydrogen) atoms. The maximum Gasteiger partial charge on any atom is 0.247 e. The molecule has 0 aromatic carbocycles. The lowest BCUT2D eigenvalue weighted by Gasteiger charge is -2.08. The molecule has 70 valence electrons. The van der Waals surface area contributed by atoms with Crippen molar-refractivity contribution in [1.29, 1.82) is 0 Å². The lowest BCUT2D eigenvalue weighted by molar-refractivity contribution is 0.407. The Morgan fingerprint density at radius 3 is 2.31 bits per heavy atom. The van der Waals surface area contributed by atoms with Crippen LogP contribution in [0.1, 0.15) is 5.82 Å². The summed E-state index contributed by atoms with van der Waals surface area (Å²) in [5, 5.41) is 9.22. The Morgan fingerprint density at radius 2 is 1.85 bits per heavy atom. The number of nitrogens with zero attached hydrogens (tertiary/aromatic N) is 2. The van der Waals surface area contributed by atoms with Gasteiger partial charge in [0, 0.05) is 18.5 Å². The van der Waals surface area contributed by atoms with Gasteiger partial charge < -0.3 is 5.11 Å². The molecule has 0 amide bonds. The number of aliphatic hydroxyl groups is 1. The Labute approximate surface area is 90.0 Å². The van der Waals surface area contributed by atoms with Gasteiger partial charge in [0.2, 0.25) is 3.79 Å². The number of allylic oxidation sites excluding steroid dienone is 1. The van der Waals surface area contributed by atoms with E-state index in [0.717, 1.165) is 0 Å². The Kier molecular flexibility index (Phi) is 3.36. The normalized spacial score (nSPS) is 13.0. The van der Waals surface area contributed by atoms with Crippen LogP contribution in [0.5, 0.6) is 0 Å². The van der Waals surface area contributed by atoms with Crippen LogP contribution in [0, 0.1) is 0 Å². The summed E-state index contributed by atoms with van der Waals surface area (Å²) < 4.78 is -1.83. The second-order valence-electron chi connectivity index (χ2n) is 2.13. The van der Waals surface area contributed by atoms with Gasteiger partial charge in [0.15, 0.2) is 5.82 Å². The highest BCUT2D eigenvalue weighted by Crippen LogP contribution is 2.33. The molecular formula is C7H5Cl3N2O. The third-order valence-corrected chi connectivity index (χ3v) is 1.72. The molecule has 1 heterocycles. The zero-order chi connectivity index (χ0) is 9.90. The Bertz CT molecular complexity index is 307. The number of halogens is 3. The number of aliphatic hydroxyl groups excluding tert-OH is 1. The summed E-state index contributed by atoms with van der Waals surface area (Å²) in [6, 6.07) is 1.64. The molecule has 0 spiro atoms. The first-order valence-corrected chi connectivity index (χ1v) is 4.38. The fourth-order valence-corrected chi connectivity index (χ4v) is 0.753. The van der Waals surface area contributed by atoms with E-state index in [1.54, 1.807) is 6.07 Å². The Hall–Kier alpha value is -0.510. The van der Waals surface area contributed by atoms with E-state index in [-0.39, 0.29) is 5.82 Å². The zero-order valence-electron chi connectivity index (χ0n) is 6.28. The van der Waals surface area contributed by atoms with Crippen molar-refractivity contribution in [2.75, 3.05) is 0 Å². The highest BCUT2D eigenvalue weighted by atomic mass is 35.6. The minimum absolute atomic E-state index is 0.284. The molecule has 0 aliphatic rings. The molecule has 0 bridgehead atoms. The number of aromatic nitrogens is 2. The van der Waals surface area contributed by atoms with E-state index in [9.17, 15) is 5.11 Å². The van der Waals surface area contributed by atoms with Crippen molar-refractivity contribution in [3.8, 4) is 0 Å². The average molecular weight is 239 g/mol. The minimum Gasteiger partial charge on any atom is -0.508 e. The lowest BCUT2D eigenvalue weighted by Crippen LogP contribution is -2.06. The van der Waals surface area contributed by atoms with E-state index in [2.05, 4.69) is 9.97 Å². The number of rotatable bonds is 1. The van der Waals surface area contributed by atoms with Crippen molar-refractivity contribution in [3.63, 3.8) is 0 Å².